The second-order valence-corrected chi connectivity index (χ2v) is 6.52. The Labute approximate surface area is 159 Å². The molecular weight excluding hydrogens is 338 g/mol. The number of aliphatic hydroxyl groups is 1. The fourth-order valence-electron chi connectivity index (χ4n) is 2.98. The van der Waals surface area contributed by atoms with Gasteiger partial charge in [-0.1, -0.05) is 55.8 Å². The van der Waals surface area contributed by atoms with E-state index >= 15 is 0 Å². The van der Waals surface area contributed by atoms with Crippen LogP contribution in [0.3, 0.4) is 0 Å². The molecule has 1 amide bonds. The van der Waals surface area contributed by atoms with Gasteiger partial charge >= 0.3 is 0 Å². The van der Waals surface area contributed by atoms with Gasteiger partial charge in [0.2, 0.25) is 0 Å². The Balaban J connectivity index is 1.59. The minimum atomic E-state index is -0.767. The molecule has 0 aliphatic rings. The van der Waals surface area contributed by atoms with Crippen LogP contribution >= 0.6 is 0 Å². The Bertz CT molecular complexity index is 884. The number of hydrogen-bond donors (Lipinski definition) is 2. The lowest BCUT2D eigenvalue weighted by atomic mass is 10.0. The molecule has 3 aromatic rings. The highest BCUT2D eigenvalue weighted by Crippen LogP contribution is 2.24. The first kappa shape index (κ1) is 18.9. The Morgan fingerprint density at radius 3 is 2.56 bits per heavy atom. The molecule has 140 valence electrons. The maximum atomic E-state index is 12.4. The number of hydrogen-bond acceptors (Lipinski definition) is 3. The van der Waals surface area contributed by atoms with E-state index in [-0.39, 0.29) is 12.5 Å². The van der Waals surface area contributed by atoms with E-state index in [0.717, 1.165) is 34.9 Å². The third kappa shape index (κ3) is 4.86. The van der Waals surface area contributed by atoms with Crippen LogP contribution in [0, 0.1) is 0 Å². The van der Waals surface area contributed by atoms with Crippen LogP contribution in [0.5, 0.6) is 5.75 Å². The second-order valence-electron chi connectivity index (χ2n) is 6.52. The van der Waals surface area contributed by atoms with Crippen molar-refractivity contribution >= 4 is 16.7 Å². The van der Waals surface area contributed by atoms with Gasteiger partial charge in [0, 0.05) is 12.1 Å². The van der Waals surface area contributed by atoms with E-state index in [2.05, 4.69) is 12.2 Å². The van der Waals surface area contributed by atoms with E-state index in [4.69, 9.17) is 4.74 Å². The van der Waals surface area contributed by atoms with Crippen molar-refractivity contribution in [3.63, 3.8) is 0 Å². The third-order valence-electron chi connectivity index (χ3n) is 4.52. The van der Waals surface area contributed by atoms with Crippen LogP contribution < -0.4 is 10.1 Å². The summed E-state index contributed by atoms with van der Waals surface area (Å²) in [6, 6.07) is 20.8. The summed E-state index contributed by atoms with van der Waals surface area (Å²) >= 11 is 0. The molecule has 4 nitrogen and oxygen atoms in total. The van der Waals surface area contributed by atoms with Gasteiger partial charge in [-0.05, 0) is 47.0 Å². The molecule has 0 aliphatic carbocycles. The maximum absolute atomic E-state index is 12.4. The average molecular weight is 363 g/mol. The zero-order chi connectivity index (χ0) is 19.1. The molecule has 0 aromatic heterocycles. The van der Waals surface area contributed by atoms with Gasteiger partial charge in [0.1, 0.15) is 5.75 Å². The number of amides is 1. The maximum Gasteiger partial charge on any atom is 0.251 e. The lowest BCUT2D eigenvalue weighted by Crippen LogP contribution is -2.28. The van der Waals surface area contributed by atoms with E-state index in [1.807, 2.05) is 42.5 Å². The quantitative estimate of drug-likeness (QED) is 0.580. The SMILES string of the molecule is CCCCOc1ccc(C(=O)NCC(O)c2cccc3ccccc23)cc1. The summed E-state index contributed by atoms with van der Waals surface area (Å²) in [7, 11) is 0. The van der Waals surface area contributed by atoms with Gasteiger partial charge in [0.05, 0.1) is 12.7 Å². The monoisotopic (exact) mass is 363 g/mol. The first-order valence-corrected chi connectivity index (χ1v) is 9.36. The molecule has 1 atom stereocenters. The van der Waals surface area contributed by atoms with Crippen molar-refractivity contribution < 1.29 is 14.6 Å². The summed E-state index contributed by atoms with van der Waals surface area (Å²) < 4.78 is 5.61. The Hall–Kier alpha value is -2.85. The predicted molar refractivity (Wildman–Crippen MR) is 108 cm³/mol. The minimum absolute atomic E-state index is 0.154. The van der Waals surface area contributed by atoms with E-state index in [1.54, 1.807) is 24.3 Å². The number of carbonyl (C=O) groups is 1. The van der Waals surface area contributed by atoms with E-state index in [1.165, 1.54) is 0 Å². The highest BCUT2D eigenvalue weighted by Gasteiger charge is 2.13. The van der Waals surface area contributed by atoms with Crippen LogP contribution in [0.4, 0.5) is 0 Å². The van der Waals surface area contributed by atoms with Crippen molar-refractivity contribution in [3.8, 4) is 5.75 Å². The molecule has 1 unspecified atom stereocenters. The highest BCUT2D eigenvalue weighted by atomic mass is 16.5. The van der Waals surface area contributed by atoms with Gasteiger partial charge in [-0.2, -0.15) is 0 Å². The van der Waals surface area contributed by atoms with E-state index < -0.39 is 6.10 Å². The molecule has 0 fully saturated rings. The van der Waals surface area contributed by atoms with Gasteiger partial charge in [0.15, 0.2) is 0 Å². The molecule has 27 heavy (non-hydrogen) atoms. The number of fused-ring (bicyclic) bond motifs is 1. The summed E-state index contributed by atoms with van der Waals surface area (Å²) in [5.74, 6) is 0.546. The largest absolute Gasteiger partial charge is 0.494 e. The van der Waals surface area contributed by atoms with Gasteiger partial charge in [0.25, 0.3) is 5.91 Å². The first-order valence-electron chi connectivity index (χ1n) is 9.36. The Morgan fingerprint density at radius 1 is 1.04 bits per heavy atom. The number of unbranched alkanes of at least 4 members (excludes halogenated alkanes) is 1. The zero-order valence-corrected chi connectivity index (χ0v) is 15.5. The fraction of sp³-hybridized carbons (Fsp3) is 0.261. The van der Waals surface area contributed by atoms with Crippen LogP contribution in [-0.4, -0.2) is 24.2 Å². The van der Waals surface area contributed by atoms with Crippen molar-refractivity contribution in [1.82, 2.24) is 5.32 Å². The minimum Gasteiger partial charge on any atom is -0.494 e. The van der Waals surface area contributed by atoms with Crippen molar-refractivity contribution in [1.29, 1.82) is 0 Å². The number of aliphatic hydroxyl groups excluding tert-OH is 1. The summed E-state index contributed by atoms with van der Waals surface area (Å²) in [5, 5.41) is 15.4. The predicted octanol–water partition coefficient (Wildman–Crippen LogP) is 4.48. The first-order chi connectivity index (χ1) is 13.2. The van der Waals surface area contributed by atoms with Crippen LogP contribution in [-0.2, 0) is 0 Å². The molecule has 0 heterocycles. The molecule has 3 rings (SSSR count). The van der Waals surface area contributed by atoms with Crippen molar-refractivity contribution in [2.45, 2.75) is 25.9 Å². The summed E-state index contributed by atoms with van der Waals surface area (Å²) in [6.07, 6.45) is 1.32. The standard InChI is InChI=1S/C23H25NO3/c1-2-3-15-27-19-13-11-18(12-14-19)23(26)24-16-22(25)21-10-6-8-17-7-4-5-9-20(17)21/h4-14,22,25H,2-3,15-16H2,1H3,(H,24,26). The van der Waals surface area contributed by atoms with Crippen LogP contribution in [0.15, 0.2) is 66.7 Å². The van der Waals surface area contributed by atoms with Crippen molar-refractivity contribution in [3.05, 3.63) is 77.9 Å². The highest BCUT2D eigenvalue weighted by molar-refractivity contribution is 5.94. The molecule has 0 aliphatic heterocycles. The van der Waals surface area contributed by atoms with E-state index in [0.29, 0.717) is 12.2 Å². The average Bonchev–Trinajstić information content (AvgIpc) is 2.72. The molecule has 0 radical (unpaired) electrons. The number of benzene rings is 3. The Kier molecular flexibility index (Phi) is 6.44. The summed E-state index contributed by atoms with van der Waals surface area (Å²) in [5.41, 5.74) is 1.36. The van der Waals surface area contributed by atoms with Crippen LogP contribution in [0.2, 0.25) is 0 Å². The fourth-order valence-corrected chi connectivity index (χ4v) is 2.98. The molecule has 0 spiro atoms. The van der Waals surface area contributed by atoms with Gasteiger partial charge in [-0.25, -0.2) is 0 Å². The Morgan fingerprint density at radius 2 is 1.78 bits per heavy atom. The van der Waals surface area contributed by atoms with Crippen LogP contribution in [0.1, 0.15) is 41.8 Å². The van der Waals surface area contributed by atoms with Crippen molar-refractivity contribution in [2.75, 3.05) is 13.2 Å². The lowest BCUT2D eigenvalue weighted by Gasteiger charge is -2.15. The van der Waals surface area contributed by atoms with Crippen LogP contribution in [0.25, 0.3) is 10.8 Å². The van der Waals surface area contributed by atoms with Gasteiger partial charge < -0.3 is 15.2 Å². The number of nitrogens with one attached hydrogen (secondary N) is 1. The summed E-state index contributed by atoms with van der Waals surface area (Å²) in [4.78, 5) is 12.4. The second kappa shape index (κ2) is 9.19. The van der Waals surface area contributed by atoms with Gasteiger partial charge in [-0.15, -0.1) is 0 Å². The summed E-state index contributed by atoms with van der Waals surface area (Å²) in [6.45, 7) is 2.95. The molecule has 4 heteroatoms. The molecule has 0 bridgehead atoms. The molecule has 0 saturated carbocycles. The van der Waals surface area contributed by atoms with Gasteiger partial charge in [-0.3, -0.25) is 4.79 Å². The number of rotatable bonds is 8. The number of carbonyl (C=O) groups excluding carboxylic acids is 1. The normalized spacial score (nSPS) is 11.9. The topological polar surface area (TPSA) is 58.6 Å². The lowest BCUT2D eigenvalue weighted by molar-refractivity contribution is 0.0917. The molecular formula is C23H25NO3. The van der Waals surface area contributed by atoms with E-state index in [9.17, 15) is 9.90 Å². The smallest absolute Gasteiger partial charge is 0.251 e. The third-order valence-corrected chi connectivity index (χ3v) is 4.52. The molecule has 3 aromatic carbocycles. The zero-order valence-electron chi connectivity index (χ0n) is 15.5. The number of ether oxygens (including phenoxy) is 1. The molecule has 0 saturated heterocycles. The molecule has 2 N–H and O–H groups in total. The van der Waals surface area contributed by atoms with Crippen molar-refractivity contribution in [2.24, 2.45) is 0 Å².